The lowest BCUT2D eigenvalue weighted by molar-refractivity contribution is 0.247. The lowest BCUT2D eigenvalue weighted by Gasteiger charge is -2.39. The van der Waals surface area contributed by atoms with Crippen molar-refractivity contribution in [3.63, 3.8) is 0 Å². The van der Waals surface area contributed by atoms with E-state index in [-0.39, 0.29) is 6.61 Å². The SMILES string of the molecule is N#Cc1ccc(N2CCC[C@H](C[C@@H]3CCCC[C@H]3Nc3cc(-c4ccc(CO)cc4)ccn3)C2)cc1. The van der Waals surface area contributed by atoms with Crippen LogP contribution in [-0.2, 0) is 6.61 Å². The van der Waals surface area contributed by atoms with Crippen molar-refractivity contribution < 1.29 is 5.11 Å². The number of pyridine rings is 1. The van der Waals surface area contributed by atoms with E-state index in [2.05, 4.69) is 57.7 Å². The number of hydrogen-bond donors (Lipinski definition) is 2. The first kappa shape index (κ1) is 24.3. The van der Waals surface area contributed by atoms with Gasteiger partial charge in [-0.1, -0.05) is 37.1 Å². The number of piperidine rings is 1. The zero-order valence-corrected chi connectivity index (χ0v) is 20.9. The lowest BCUT2D eigenvalue weighted by Crippen LogP contribution is -2.39. The highest BCUT2D eigenvalue weighted by Crippen LogP contribution is 2.35. The Balaban J connectivity index is 1.23. The fraction of sp³-hybridized carbons (Fsp3) is 0.419. The third-order valence-electron chi connectivity index (χ3n) is 7.99. The van der Waals surface area contributed by atoms with Crippen molar-refractivity contribution in [2.24, 2.45) is 11.8 Å². The molecule has 2 aromatic carbocycles. The summed E-state index contributed by atoms with van der Waals surface area (Å²) in [6.45, 7) is 2.27. The summed E-state index contributed by atoms with van der Waals surface area (Å²) in [5.41, 5.74) is 5.18. The first-order chi connectivity index (χ1) is 17.7. The average Bonchev–Trinajstić information content (AvgIpc) is 2.94. The Morgan fingerprint density at radius 2 is 1.75 bits per heavy atom. The van der Waals surface area contributed by atoms with Crippen molar-refractivity contribution in [2.45, 2.75) is 57.6 Å². The molecule has 1 aliphatic heterocycles. The summed E-state index contributed by atoms with van der Waals surface area (Å²) < 4.78 is 0. The van der Waals surface area contributed by atoms with E-state index in [9.17, 15) is 5.11 Å². The van der Waals surface area contributed by atoms with Gasteiger partial charge in [-0.3, -0.25) is 0 Å². The molecule has 5 rings (SSSR count). The van der Waals surface area contributed by atoms with E-state index >= 15 is 0 Å². The molecule has 1 saturated heterocycles. The molecule has 5 nitrogen and oxygen atoms in total. The molecule has 36 heavy (non-hydrogen) atoms. The van der Waals surface area contributed by atoms with Crippen molar-refractivity contribution in [2.75, 3.05) is 23.3 Å². The van der Waals surface area contributed by atoms with Gasteiger partial charge in [-0.15, -0.1) is 0 Å². The molecular formula is C31H36N4O. The van der Waals surface area contributed by atoms with Crippen LogP contribution in [0.25, 0.3) is 11.1 Å². The largest absolute Gasteiger partial charge is 0.392 e. The summed E-state index contributed by atoms with van der Waals surface area (Å²) in [6, 6.07) is 23.0. The zero-order chi connectivity index (χ0) is 24.7. The molecule has 0 radical (unpaired) electrons. The Bertz CT molecular complexity index is 1170. The van der Waals surface area contributed by atoms with E-state index in [1.165, 1.54) is 50.6 Å². The first-order valence-corrected chi connectivity index (χ1v) is 13.4. The average molecular weight is 481 g/mol. The molecule has 2 fully saturated rings. The highest BCUT2D eigenvalue weighted by molar-refractivity contribution is 5.66. The summed E-state index contributed by atoms with van der Waals surface area (Å²) in [5.74, 6) is 2.32. The Morgan fingerprint density at radius 1 is 0.944 bits per heavy atom. The van der Waals surface area contributed by atoms with Crippen LogP contribution in [0.5, 0.6) is 0 Å². The minimum Gasteiger partial charge on any atom is -0.392 e. The highest BCUT2D eigenvalue weighted by atomic mass is 16.3. The standard InChI is InChI=1S/C31H36N4O/c32-20-23-9-13-29(14-10-23)35-17-3-4-25(21-35)18-28-5-1-2-6-30(28)34-31-19-27(15-16-33-31)26-11-7-24(22-36)8-12-26/h7-16,19,25,28,30,36H,1-6,17-18,21-22H2,(H,33,34)/t25-,28+,30-/m1/s1. The van der Waals surface area contributed by atoms with E-state index in [4.69, 9.17) is 5.26 Å². The van der Waals surface area contributed by atoms with Gasteiger partial charge in [0.05, 0.1) is 18.2 Å². The van der Waals surface area contributed by atoms with Crippen LogP contribution >= 0.6 is 0 Å². The number of nitrogens with one attached hydrogen (secondary N) is 1. The van der Waals surface area contributed by atoms with E-state index < -0.39 is 0 Å². The Kier molecular flexibility index (Phi) is 7.83. The predicted octanol–water partition coefficient (Wildman–Crippen LogP) is 6.39. The fourth-order valence-electron chi connectivity index (χ4n) is 6.03. The Hall–Kier alpha value is -3.36. The third kappa shape index (κ3) is 5.88. The monoisotopic (exact) mass is 480 g/mol. The van der Waals surface area contributed by atoms with Crippen LogP contribution in [0.1, 0.15) is 56.1 Å². The van der Waals surface area contributed by atoms with Gasteiger partial charge in [0.2, 0.25) is 0 Å². The van der Waals surface area contributed by atoms with Crippen LogP contribution in [0.3, 0.4) is 0 Å². The van der Waals surface area contributed by atoms with E-state index in [0.717, 1.165) is 41.2 Å². The Morgan fingerprint density at radius 3 is 2.53 bits per heavy atom. The number of nitriles is 1. The number of nitrogens with zero attached hydrogens (tertiary/aromatic N) is 3. The van der Waals surface area contributed by atoms with Gasteiger partial charge in [-0.2, -0.15) is 5.26 Å². The van der Waals surface area contributed by atoms with Gasteiger partial charge in [-0.25, -0.2) is 4.98 Å². The second-order valence-electron chi connectivity index (χ2n) is 10.4. The number of hydrogen-bond acceptors (Lipinski definition) is 5. The van der Waals surface area contributed by atoms with Crippen molar-refractivity contribution in [1.29, 1.82) is 5.26 Å². The predicted molar refractivity (Wildman–Crippen MR) is 146 cm³/mol. The number of benzene rings is 2. The number of aliphatic hydroxyl groups is 1. The van der Waals surface area contributed by atoms with E-state index in [1.54, 1.807) is 0 Å². The maximum atomic E-state index is 9.33. The molecule has 0 amide bonds. The topological polar surface area (TPSA) is 72.2 Å². The molecule has 1 saturated carbocycles. The second kappa shape index (κ2) is 11.6. The van der Waals surface area contributed by atoms with Crippen molar-refractivity contribution in [1.82, 2.24) is 4.98 Å². The smallest absolute Gasteiger partial charge is 0.126 e. The number of rotatable bonds is 7. The Labute approximate surface area is 214 Å². The van der Waals surface area contributed by atoms with Gasteiger partial charge in [0.15, 0.2) is 0 Å². The van der Waals surface area contributed by atoms with Gasteiger partial charge in [0.25, 0.3) is 0 Å². The van der Waals surface area contributed by atoms with Crippen LogP contribution in [0.15, 0.2) is 66.9 Å². The highest BCUT2D eigenvalue weighted by Gasteiger charge is 2.30. The first-order valence-electron chi connectivity index (χ1n) is 13.4. The molecule has 0 unspecified atom stereocenters. The van der Waals surface area contributed by atoms with Crippen LogP contribution in [0.4, 0.5) is 11.5 Å². The molecule has 0 spiro atoms. The molecule has 3 aromatic rings. The molecule has 2 heterocycles. The molecule has 5 heteroatoms. The number of aromatic nitrogens is 1. The van der Waals surface area contributed by atoms with Gasteiger partial charge in [0.1, 0.15) is 5.82 Å². The third-order valence-corrected chi connectivity index (χ3v) is 7.99. The van der Waals surface area contributed by atoms with Gasteiger partial charge >= 0.3 is 0 Å². The quantitative estimate of drug-likeness (QED) is 0.410. The molecule has 2 aliphatic rings. The molecule has 1 aliphatic carbocycles. The van der Waals surface area contributed by atoms with E-state index in [1.807, 2.05) is 30.5 Å². The number of anilines is 2. The van der Waals surface area contributed by atoms with Crippen molar-refractivity contribution >= 4 is 11.5 Å². The summed E-state index contributed by atoms with van der Waals surface area (Å²) >= 11 is 0. The molecule has 3 atom stereocenters. The van der Waals surface area contributed by atoms with Crippen molar-refractivity contribution in [3.05, 3.63) is 78.0 Å². The summed E-state index contributed by atoms with van der Waals surface area (Å²) in [4.78, 5) is 7.17. The van der Waals surface area contributed by atoms with Crippen LogP contribution in [0, 0.1) is 23.2 Å². The molecular weight excluding hydrogens is 444 g/mol. The minimum absolute atomic E-state index is 0.0682. The van der Waals surface area contributed by atoms with E-state index in [0.29, 0.717) is 17.9 Å². The number of aliphatic hydroxyl groups excluding tert-OH is 1. The summed E-state index contributed by atoms with van der Waals surface area (Å²) in [7, 11) is 0. The van der Waals surface area contributed by atoms with Crippen LogP contribution in [-0.4, -0.2) is 29.2 Å². The second-order valence-corrected chi connectivity index (χ2v) is 10.4. The maximum Gasteiger partial charge on any atom is 0.126 e. The lowest BCUT2D eigenvalue weighted by atomic mass is 9.77. The van der Waals surface area contributed by atoms with Crippen molar-refractivity contribution in [3.8, 4) is 17.2 Å². The summed E-state index contributed by atoms with van der Waals surface area (Å²) in [5, 5.41) is 22.2. The molecule has 0 bridgehead atoms. The van der Waals surface area contributed by atoms with Gasteiger partial charge in [0, 0.05) is 31.0 Å². The molecule has 2 N–H and O–H groups in total. The zero-order valence-electron chi connectivity index (χ0n) is 20.9. The molecule has 1 aromatic heterocycles. The maximum absolute atomic E-state index is 9.33. The fourth-order valence-corrected chi connectivity index (χ4v) is 6.03. The normalized spacial score (nSPS) is 22.1. The van der Waals surface area contributed by atoms with Gasteiger partial charge in [-0.05, 0) is 97.0 Å². The van der Waals surface area contributed by atoms with Crippen LogP contribution in [0.2, 0.25) is 0 Å². The van der Waals surface area contributed by atoms with Crippen LogP contribution < -0.4 is 10.2 Å². The summed E-state index contributed by atoms with van der Waals surface area (Å²) in [6.07, 6.45) is 10.8. The van der Waals surface area contributed by atoms with Gasteiger partial charge < -0.3 is 15.3 Å². The molecule has 186 valence electrons. The minimum atomic E-state index is 0.0682.